The van der Waals surface area contributed by atoms with Crippen molar-refractivity contribution in [2.45, 2.75) is 195 Å². The molecule has 0 saturated carbocycles. The number of nitrogens with zero attached hydrogens (tertiary/aromatic N) is 7. The fraction of sp³-hybridized carbons (Fsp3) is 0.600. The van der Waals surface area contributed by atoms with Gasteiger partial charge in [-0.25, -0.2) is 15.0 Å². The lowest BCUT2D eigenvalue weighted by molar-refractivity contribution is 0.355. The number of hydrogen-bond donors (Lipinski definition) is 1. The summed E-state index contributed by atoms with van der Waals surface area (Å²) in [4.78, 5) is 23.9. The van der Waals surface area contributed by atoms with Crippen LogP contribution in [0.3, 0.4) is 0 Å². The van der Waals surface area contributed by atoms with E-state index in [-0.39, 0.29) is 69.7 Å². The number of hydrogen-bond acceptors (Lipinski definition) is 8. The number of aromatic amines is 1. The summed E-state index contributed by atoms with van der Waals surface area (Å²) in [6.07, 6.45) is 19.5. The van der Waals surface area contributed by atoms with Gasteiger partial charge in [0.2, 0.25) is 0 Å². The minimum atomic E-state index is 0. The number of nitrogens with one attached hydrogen (secondary N) is 1. The van der Waals surface area contributed by atoms with E-state index < -0.39 is 0 Å². The average Bonchev–Trinajstić information content (AvgIpc) is 3.91. The molecule has 0 amide bonds. The molecule has 0 fully saturated rings. The first-order valence-electron chi connectivity index (χ1n) is 19.1. The van der Waals surface area contributed by atoms with Gasteiger partial charge in [-0.05, 0) is 39.0 Å². The molecule has 0 aromatic carbocycles. The van der Waals surface area contributed by atoms with Gasteiger partial charge in [0, 0.05) is 93.7 Å². The molecule has 6 rings (SSSR count). The van der Waals surface area contributed by atoms with Crippen LogP contribution in [0.1, 0.15) is 191 Å². The summed E-state index contributed by atoms with van der Waals surface area (Å²) in [7, 11) is 0. The maximum absolute atomic E-state index is 5.09. The number of aromatic nitrogens is 7. The summed E-state index contributed by atoms with van der Waals surface area (Å²) in [5, 5.41) is 7.33. The van der Waals surface area contributed by atoms with Gasteiger partial charge in [0.25, 0.3) is 0 Å². The Morgan fingerprint density at radius 2 is 1.22 bits per heavy atom. The Labute approximate surface area is 374 Å². The fourth-order valence-corrected chi connectivity index (χ4v) is 4.93. The fourth-order valence-electron chi connectivity index (χ4n) is 4.20. The van der Waals surface area contributed by atoms with Crippen LogP contribution in [-0.4, -0.2) is 40.9 Å². The first-order chi connectivity index (χ1) is 25.1. The third kappa shape index (κ3) is 26.8. The van der Waals surface area contributed by atoms with Crippen molar-refractivity contribution < 1.29 is 4.42 Å². The van der Waals surface area contributed by atoms with Crippen molar-refractivity contribution in [3.63, 3.8) is 0 Å². The Bertz CT molecular complexity index is 1550. The molecule has 6 heterocycles. The minimum absolute atomic E-state index is 0. The summed E-state index contributed by atoms with van der Waals surface area (Å²) in [5.41, 5.74) is 3.36. The number of oxazole rings is 1. The number of thiazole rings is 1. The second-order valence-electron chi connectivity index (χ2n) is 19.3. The largest absolute Gasteiger partial charge is 0.448 e. The van der Waals surface area contributed by atoms with Gasteiger partial charge in [0.1, 0.15) is 12.1 Å². The van der Waals surface area contributed by atoms with E-state index in [1.807, 2.05) is 59.3 Å². The predicted octanol–water partition coefficient (Wildman–Crippen LogP) is 15.7. The topological polar surface area (TPSA) is 111 Å². The van der Waals surface area contributed by atoms with Gasteiger partial charge in [-0.15, -0.1) is 11.3 Å². The Balaban J connectivity index is -0.000000198. The molecule has 9 nitrogen and oxygen atoms in total. The maximum atomic E-state index is 5.09. The van der Waals surface area contributed by atoms with Gasteiger partial charge in [0.15, 0.2) is 5.89 Å². The standard InChI is InChI=1S/C9H13N.C8H13N.2C7H12N2.C7H11NO.C7H11NS.5CH4/c1-9(2,3)8-6-4-5-7-10-8;1-8(2,3)7-5-4-6-9-7;1-7(2,3)6-8-4-5-9-6;1-7(2,3)9-6-4-5-8-9;2*1-7(2,3)6-8-4-5-9-6;;;;;/h4-7H,1-3H3;5-6H,4H2,1-3H3;4-5H,1-3H3,(H,8,9);4-6H,1-3H3;2*4-5H,1-3H3;5*1H4. The second-order valence-corrected chi connectivity index (χ2v) is 20.2. The van der Waals surface area contributed by atoms with Gasteiger partial charge in [-0.1, -0.05) is 153 Å². The predicted molar refractivity (Wildman–Crippen MR) is 268 cm³/mol. The van der Waals surface area contributed by atoms with E-state index in [9.17, 15) is 0 Å². The molecule has 0 atom stereocenters. The minimum Gasteiger partial charge on any atom is -0.448 e. The van der Waals surface area contributed by atoms with Gasteiger partial charge in [0.05, 0.1) is 16.7 Å². The Kier molecular flexibility index (Phi) is 30.7. The summed E-state index contributed by atoms with van der Waals surface area (Å²) in [5.74, 6) is 1.84. The molecule has 0 unspecified atom stereocenters. The van der Waals surface area contributed by atoms with E-state index in [1.54, 1.807) is 36.2 Å². The molecule has 0 saturated heterocycles. The molecule has 0 radical (unpaired) electrons. The van der Waals surface area contributed by atoms with E-state index in [1.165, 1.54) is 10.7 Å². The zero-order valence-electron chi connectivity index (χ0n) is 37.3. The van der Waals surface area contributed by atoms with Crippen LogP contribution in [-0.2, 0) is 27.2 Å². The second kappa shape index (κ2) is 28.4. The van der Waals surface area contributed by atoms with Crippen LogP contribution in [0.25, 0.3) is 0 Å². The monoisotopic (exact) mass is 853 g/mol. The first kappa shape index (κ1) is 65.0. The summed E-state index contributed by atoms with van der Waals surface area (Å²) >= 11 is 1.72. The molecule has 0 aliphatic carbocycles. The van der Waals surface area contributed by atoms with Crippen molar-refractivity contribution in [3.05, 3.63) is 113 Å². The highest BCUT2D eigenvalue weighted by atomic mass is 32.1. The Hall–Kier alpha value is -4.18. The molecule has 5 aromatic heterocycles. The van der Waals surface area contributed by atoms with Crippen LogP contribution in [0, 0.1) is 5.41 Å². The molecule has 344 valence electrons. The van der Waals surface area contributed by atoms with Crippen LogP contribution < -0.4 is 0 Å². The molecule has 0 spiro atoms. The van der Waals surface area contributed by atoms with Crippen molar-refractivity contribution in [1.29, 1.82) is 0 Å². The first-order valence-corrected chi connectivity index (χ1v) is 20.0. The highest BCUT2D eigenvalue weighted by molar-refractivity contribution is 7.09. The quantitative estimate of drug-likeness (QED) is 0.166. The van der Waals surface area contributed by atoms with Crippen molar-refractivity contribution in [3.8, 4) is 0 Å². The van der Waals surface area contributed by atoms with Gasteiger partial charge in [-0.3, -0.25) is 14.7 Å². The Morgan fingerprint density at radius 3 is 1.43 bits per heavy atom. The van der Waals surface area contributed by atoms with Gasteiger partial charge < -0.3 is 9.40 Å². The number of aliphatic imine (C=N–C) groups is 1. The van der Waals surface area contributed by atoms with Crippen LogP contribution >= 0.6 is 11.3 Å². The van der Waals surface area contributed by atoms with Crippen LogP contribution in [0.4, 0.5) is 0 Å². The lowest BCUT2D eigenvalue weighted by atomic mass is 9.92. The zero-order valence-corrected chi connectivity index (χ0v) is 38.1. The van der Waals surface area contributed by atoms with Crippen LogP contribution in [0.2, 0.25) is 0 Å². The van der Waals surface area contributed by atoms with E-state index in [4.69, 9.17) is 4.42 Å². The Morgan fingerprint density at radius 1 is 0.600 bits per heavy atom. The number of H-pyrrole nitrogens is 1. The normalized spacial score (nSPS) is 11.8. The molecule has 0 bridgehead atoms. The van der Waals surface area contributed by atoms with Crippen molar-refractivity contribution in [2.75, 3.05) is 0 Å². The third-order valence-electron chi connectivity index (χ3n) is 7.40. The molecule has 5 aromatic rings. The number of imidazole rings is 1. The van der Waals surface area contributed by atoms with Crippen LogP contribution in [0.5, 0.6) is 0 Å². The lowest BCUT2D eigenvalue weighted by Gasteiger charge is -2.18. The highest BCUT2D eigenvalue weighted by Gasteiger charge is 2.19. The van der Waals surface area contributed by atoms with E-state index in [0.29, 0.717) is 0 Å². The van der Waals surface area contributed by atoms with Crippen LogP contribution in [0.15, 0.2) is 100 Å². The number of allylic oxidation sites excluding steroid dienone is 2. The molecular formula is C50H92N8OS. The van der Waals surface area contributed by atoms with Gasteiger partial charge in [-0.2, -0.15) is 5.10 Å². The maximum Gasteiger partial charge on any atom is 0.199 e. The summed E-state index contributed by atoms with van der Waals surface area (Å²) in [6, 6.07) is 7.95. The molecule has 1 N–H and O–H groups in total. The molecule has 60 heavy (non-hydrogen) atoms. The van der Waals surface area contributed by atoms with Crippen molar-refractivity contribution in [2.24, 2.45) is 10.4 Å². The molecule has 10 heteroatoms. The molecule has 1 aliphatic rings. The van der Waals surface area contributed by atoms with Crippen molar-refractivity contribution >= 4 is 17.6 Å². The SMILES string of the molecule is C.C.C.C.C.CC(C)(C)C1=CCC=N1.CC(C)(C)c1ccccn1.CC(C)(C)c1ncc[nH]1.CC(C)(C)c1ncco1.CC(C)(C)c1nccs1.CC(C)(C)n1cccn1. The van der Waals surface area contributed by atoms with Gasteiger partial charge >= 0.3 is 0 Å². The van der Waals surface area contributed by atoms with E-state index >= 15 is 0 Å². The summed E-state index contributed by atoms with van der Waals surface area (Å²) < 4.78 is 7.02. The third-order valence-corrected chi connectivity index (χ3v) is 8.60. The lowest BCUT2D eigenvalue weighted by Crippen LogP contribution is -2.21. The molecule has 1 aliphatic heterocycles. The van der Waals surface area contributed by atoms with E-state index in [2.05, 4.69) is 172 Å². The summed E-state index contributed by atoms with van der Waals surface area (Å²) in [6.45, 7) is 38.5. The van der Waals surface area contributed by atoms with Crippen molar-refractivity contribution in [1.82, 2.24) is 34.7 Å². The molecular weight excluding hydrogens is 761 g/mol. The van der Waals surface area contributed by atoms with E-state index in [0.717, 1.165) is 23.8 Å². The number of pyridine rings is 1. The number of rotatable bonds is 0. The average molecular weight is 853 g/mol. The highest BCUT2D eigenvalue weighted by Crippen LogP contribution is 2.28. The zero-order chi connectivity index (χ0) is 42.1. The smallest absolute Gasteiger partial charge is 0.199 e.